The van der Waals surface area contributed by atoms with Gasteiger partial charge in [0.1, 0.15) is 0 Å². The summed E-state index contributed by atoms with van der Waals surface area (Å²) in [6.07, 6.45) is 0.206. The third kappa shape index (κ3) is 4.56. The van der Waals surface area contributed by atoms with Crippen molar-refractivity contribution in [3.8, 4) is 0 Å². The molecule has 2 unspecified atom stereocenters. The molecule has 0 saturated carbocycles. The van der Waals surface area contributed by atoms with Crippen LogP contribution in [-0.4, -0.2) is 30.9 Å². The van der Waals surface area contributed by atoms with Gasteiger partial charge in [0, 0.05) is 0 Å². The van der Waals surface area contributed by atoms with E-state index in [2.05, 4.69) is 54.6 Å². The number of hydrogen-bond donors (Lipinski definition) is 0. The quantitative estimate of drug-likeness (QED) is 0.411. The Balaban J connectivity index is 2.90. The molecule has 0 saturated heterocycles. The zero-order valence-corrected chi connectivity index (χ0v) is 17.5. The van der Waals surface area contributed by atoms with Crippen LogP contribution in [0.3, 0.4) is 0 Å². The molecular formula is C11H15BrOPSTl. The molecule has 16 heavy (non-hydrogen) atoms. The Morgan fingerprint density at radius 3 is 2.50 bits per heavy atom. The minimum atomic E-state index is -0.316. The Hall–Kier alpha value is 1.36. The molecule has 1 rings (SSSR count). The third-order valence-electron chi connectivity index (χ3n) is 2.23. The Morgan fingerprint density at radius 2 is 2.00 bits per heavy atom. The Labute approximate surface area is 126 Å². The molecule has 0 radical (unpaired) electrons. The molecule has 0 amide bonds. The van der Waals surface area contributed by atoms with E-state index in [0.717, 1.165) is 28.7 Å². The van der Waals surface area contributed by atoms with Gasteiger partial charge in [0.15, 0.2) is 0 Å². The van der Waals surface area contributed by atoms with E-state index >= 15 is 0 Å². The summed E-state index contributed by atoms with van der Waals surface area (Å²) in [5.41, 5.74) is 1.27. The first kappa shape index (κ1) is 15.4. The van der Waals surface area contributed by atoms with Crippen molar-refractivity contribution in [1.29, 1.82) is 0 Å². The van der Waals surface area contributed by atoms with Crippen molar-refractivity contribution in [2.75, 3.05) is 6.66 Å². The average Bonchev–Trinajstić information content (AvgIpc) is 2.26. The van der Waals surface area contributed by atoms with E-state index in [0.29, 0.717) is 5.92 Å². The van der Waals surface area contributed by atoms with Gasteiger partial charge in [0.25, 0.3) is 0 Å². The van der Waals surface area contributed by atoms with Gasteiger partial charge in [0.2, 0.25) is 0 Å². The standard InChI is InChI=1S/C11H15BrOPS.Tl/c1-8(2)11(13-14(3)15)9-6-4-5-7-10(9)12;/h4-8,11H,1-3H3;/q-1;+1. The van der Waals surface area contributed by atoms with Crippen molar-refractivity contribution in [2.45, 2.75) is 20.0 Å². The Kier molecular flexibility index (Phi) is 7.44. The predicted molar refractivity (Wildman–Crippen MR) is 79.0 cm³/mol. The van der Waals surface area contributed by atoms with Crippen molar-refractivity contribution in [2.24, 2.45) is 5.92 Å². The first-order chi connectivity index (χ1) is 7.56. The Morgan fingerprint density at radius 1 is 1.38 bits per heavy atom. The van der Waals surface area contributed by atoms with Crippen molar-refractivity contribution >= 4 is 55.5 Å². The van der Waals surface area contributed by atoms with Crippen LogP contribution in [-0.2, 0) is 4.52 Å². The second-order valence-corrected chi connectivity index (χ2v) is 15.5. The second kappa shape index (κ2) is 7.72. The second-order valence-electron chi connectivity index (χ2n) is 3.84. The summed E-state index contributed by atoms with van der Waals surface area (Å²) < 4.78 is 7.32. The molecule has 0 heterocycles. The normalized spacial score (nSPS) is 15.0. The van der Waals surface area contributed by atoms with Crippen molar-refractivity contribution in [3.05, 3.63) is 34.3 Å². The molecule has 0 N–H and O–H groups in total. The topological polar surface area (TPSA) is 9.23 Å². The van der Waals surface area contributed by atoms with Crippen molar-refractivity contribution in [3.63, 3.8) is 0 Å². The van der Waals surface area contributed by atoms with Crippen LogP contribution in [0.2, 0.25) is 0 Å². The molecular weight excluding hydrogens is 495 g/mol. The molecule has 0 aliphatic rings. The zero-order chi connectivity index (χ0) is 12.1. The van der Waals surface area contributed by atoms with Crippen LogP contribution in [0.1, 0.15) is 25.5 Å². The van der Waals surface area contributed by atoms with Gasteiger partial charge in [-0.05, 0) is 0 Å². The van der Waals surface area contributed by atoms with Gasteiger partial charge in [-0.25, -0.2) is 0 Å². The summed E-state index contributed by atoms with van der Waals surface area (Å²) in [4.78, 5) is 0. The minimum absolute atomic E-state index is 0.206. The van der Waals surface area contributed by atoms with Crippen LogP contribution in [0.5, 0.6) is 0 Å². The zero-order valence-electron chi connectivity index (χ0n) is 9.68. The molecule has 5 heteroatoms. The van der Waals surface area contributed by atoms with Gasteiger partial charge < -0.3 is 0 Å². The first-order valence-electron chi connectivity index (χ1n) is 5.08. The average molecular weight is 511 g/mol. The van der Waals surface area contributed by atoms with E-state index in [9.17, 15) is 0 Å². The summed E-state index contributed by atoms with van der Waals surface area (Å²) in [5, 5.41) is 0. The van der Waals surface area contributed by atoms with E-state index in [1.165, 1.54) is 5.56 Å². The van der Waals surface area contributed by atoms with Crippen LogP contribution in [0.15, 0.2) is 28.7 Å². The van der Waals surface area contributed by atoms with E-state index in [4.69, 9.17) is 4.52 Å². The van der Waals surface area contributed by atoms with Gasteiger partial charge in [-0.3, -0.25) is 0 Å². The van der Waals surface area contributed by atoms with E-state index in [1.807, 2.05) is 14.0 Å². The van der Waals surface area contributed by atoms with Gasteiger partial charge in [-0.1, -0.05) is 0 Å². The molecule has 0 aliphatic heterocycles. The number of hydrogen-bond acceptors (Lipinski definition) is 2. The first-order valence-corrected chi connectivity index (χ1v) is 14.6. The SMILES string of the molecule is CC(C)C(OP(C)[S][Tl])c1ccccc1Br. The number of benzene rings is 1. The molecule has 1 aromatic rings. The van der Waals surface area contributed by atoms with E-state index < -0.39 is 0 Å². The van der Waals surface area contributed by atoms with Crippen LogP contribution in [0.4, 0.5) is 0 Å². The van der Waals surface area contributed by atoms with Crippen LogP contribution in [0.25, 0.3) is 0 Å². The van der Waals surface area contributed by atoms with Crippen molar-refractivity contribution < 1.29 is 4.52 Å². The molecule has 0 aliphatic carbocycles. The monoisotopic (exact) mass is 510 g/mol. The van der Waals surface area contributed by atoms with Gasteiger partial charge in [-0.15, -0.1) is 0 Å². The maximum absolute atomic E-state index is 6.17. The van der Waals surface area contributed by atoms with Crippen LogP contribution >= 0.6 is 31.2 Å². The molecule has 1 nitrogen and oxygen atoms in total. The van der Waals surface area contributed by atoms with Crippen LogP contribution in [0, 0.1) is 5.92 Å². The van der Waals surface area contributed by atoms with Gasteiger partial charge in [0.05, 0.1) is 0 Å². The molecule has 0 aromatic heterocycles. The van der Waals surface area contributed by atoms with Crippen molar-refractivity contribution in [1.82, 2.24) is 0 Å². The van der Waals surface area contributed by atoms with E-state index in [-0.39, 0.29) is 13.5 Å². The fraction of sp³-hybridized carbons (Fsp3) is 0.455. The molecule has 1 aromatic carbocycles. The number of halogens is 1. The fourth-order valence-corrected chi connectivity index (χ4v) is 4.83. The summed E-state index contributed by atoms with van der Waals surface area (Å²) in [5.74, 6) is 0.501. The molecule has 0 spiro atoms. The van der Waals surface area contributed by atoms with Crippen LogP contribution < -0.4 is 0 Å². The summed E-state index contributed by atoms with van der Waals surface area (Å²) in [6.45, 7) is 6.63. The number of rotatable bonds is 5. The van der Waals surface area contributed by atoms with E-state index in [1.54, 1.807) is 0 Å². The molecule has 0 bridgehead atoms. The Bertz CT molecular complexity index is 338. The summed E-state index contributed by atoms with van der Waals surface area (Å²) in [7, 11) is 1.65. The fourth-order valence-electron chi connectivity index (χ4n) is 1.43. The van der Waals surface area contributed by atoms with Gasteiger partial charge in [-0.2, -0.15) is 0 Å². The molecule has 2 atom stereocenters. The summed E-state index contributed by atoms with van der Waals surface area (Å²) >= 11 is 4.56. The summed E-state index contributed by atoms with van der Waals surface area (Å²) in [6, 6.07) is 8.36. The predicted octanol–water partition coefficient (Wildman–Crippen LogP) is 4.92. The molecule has 0 fully saturated rings. The molecule has 86 valence electrons. The van der Waals surface area contributed by atoms with Gasteiger partial charge >= 0.3 is 127 Å². The maximum atomic E-state index is 6.17. The third-order valence-corrected chi connectivity index (χ3v) is 15.3.